The zero-order valence-electron chi connectivity index (χ0n) is 19.0. The van der Waals surface area contributed by atoms with Gasteiger partial charge in [-0.3, -0.25) is 9.59 Å². The van der Waals surface area contributed by atoms with E-state index in [1.54, 1.807) is 48.8 Å². The van der Waals surface area contributed by atoms with Crippen molar-refractivity contribution in [3.8, 4) is 11.3 Å². The van der Waals surface area contributed by atoms with Crippen molar-refractivity contribution in [1.82, 2.24) is 19.9 Å². The van der Waals surface area contributed by atoms with Gasteiger partial charge in [-0.25, -0.2) is 15.0 Å². The molecule has 0 saturated heterocycles. The molecule has 9 nitrogen and oxygen atoms in total. The van der Waals surface area contributed by atoms with Crippen LogP contribution in [0.1, 0.15) is 10.4 Å². The first kappa shape index (κ1) is 22.5. The SMILES string of the molecule is C=CC(=O)Nc1cccc(C(=O)Nc2ccc(Nc3nccc(-c4cnc5[nH]ccc5c4)n3)cc2)c1. The van der Waals surface area contributed by atoms with E-state index < -0.39 is 0 Å². The number of carbonyl (C=O) groups is 2. The number of hydrogen-bond acceptors (Lipinski definition) is 6. The van der Waals surface area contributed by atoms with Crippen LogP contribution in [0.4, 0.5) is 23.0 Å². The number of H-pyrrole nitrogens is 1. The maximum absolute atomic E-state index is 12.6. The Hall–Kier alpha value is -5.31. The van der Waals surface area contributed by atoms with Crippen molar-refractivity contribution in [2.24, 2.45) is 0 Å². The van der Waals surface area contributed by atoms with Crippen LogP contribution >= 0.6 is 0 Å². The molecule has 3 heterocycles. The highest BCUT2D eigenvalue weighted by Gasteiger charge is 2.09. The molecular formula is C27H21N7O2. The van der Waals surface area contributed by atoms with Gasteiger partial charge in [-0.2, -0.15) is 0 Å². The molecule has 0 radical (unpaired) electrons. The van der Waals surface area contributed by atoms with Crippen LogP contribution in [0.3, 0.4) is 0 Å². The van der Waals surface area contributed by atoms with Crippen molar-refractivity contribution in [1.29, 1.82) is 0 Å². The minimum absolute atomic E-state index is 0.297. The van der Waals surface area contributed by atoms with Crippen LogP contribution in [-0.2, 0) is 4.79 Å². The summed E-state index contributed by atoms with van der Waals surface area (Å²) in [7, 11) is 0. The molecule has 2 amide bonds. The lowest BCUT2D eigenvalue weighted by molar-refractivity contribution is -0.111. The summed E-state index contributed by atoms with van der Waals surface area (Å²) in [5, 5.41) is 9.67. The zero-order valence-corrected chi connectivity index (χ0v) is 19.0. The molecule has 5 aromatic rings. The zero-order chi connectivity index (χ0) is 24.9. The Bertz CT molecular complexity index is 1570. The van der Waals surface area contributed by atoms with Gasteiger partial charge >= 0.3 is 0 Å². The smallest absolute Gasteiger partial charge is 0.255 e. The number of aromatic nitrogens is 4. The number of hydrogen-bond donors (Lipinski definition) is 4. The Kier molecular flexibility index (Phi) is 6.18. The van der Waals surface area contributed by atoms with E-state index in [0.717, 1.165) is 28.0 Å². The Labute approximate surface area is 206 Å². The molecule has 0 atom stereocenters. The van der Waals surface area contributed by atoms with E-state index in [9.17, 15) is 9.59 Å². The van der Waals surface area contributed by atoms with Gasteiger partial charge in [0.1, 0.15) is 5.65 Å². The van der Waals surface area contributed by atoms with Gasteiger partial charge in [0.2, 0.25) is 11.9 Å². The van der Waals surface area contributed by atoms with Crippen molar-refractivity contribution in [3.05, 3.63) is 104 Å². The maximum atomic E-state index is 12.6. The minimum atomic E-state index is -0.344. The predicted molar refractivity (Wildman–Crippen MR) is 140 cm³/mol. The first-order chi connectivity index (χ1) is 17.6. The Morgan fingerprint density at radius 1 is 0.889 bits per heavy atom. The van der Waals surface area contributed by atoms with Crippen molar-refractivity contribution in [2.45, 2.75) is 0 Å². The minimum Gasteiger partial charge on any atom is -0.346 e. The van der Waals surface area contributed by atoms with E-state index in [1.165, 1.54) is 6.08 Å². The van der Waals surface area contributed by atoms with Crippen LogP contribution in [0, 0.1) is 0 Å². The van der Waals surface area contributed by atoms with E-state index in [4.69, 9.17) is 0 Å². The fourth-order valence-electron chi connectivity index (χ4n) is 3.56. The van der Waals surface area contributed by atoms with Crippen molar-refractivity contribution >= 4 is 45.9 Å². The molecule has 0 aliphatic carbocycles. The van der Waals surface area contributed by atoms with Gasteiger partial charge in [-0.1, -0.05) is 12.6 Å². The summed E-state index contributed by atoms with van der Waals surface area (Å²) in [6.45, 7) is 3.42. The average molecular weight is 476 g/mol. The standard InChI is InChI=1S/C27H21N7O2/c1-2-24(35)31-22-5-3-4-18(15-22)26(36)32-20-6-8-21(9-7-20)33-27-29-13-11-23(34-27)19-14-17-10-12-28-25(17)30-16-19/h2-16H,1H2,(H,28,30)(H,31,35)(H,32,36)(H,29,33,34). The molecule has 0 aliphatic rings. The first-order valence-corrected chi connectivity index (χ1v) is 11.1. The number of anilines is 4. The lowest BCUT2D eigenvalue weighted by Gasteiger charge is -2.10. The topological polar surface area (TPSA) is 125 Å². The third kappa shape index (κ3) is 5.10. The molecule has 5 rings (SSSR count). The maximum Gasteiger partial charge on any atom is 0.255 e. The van der Waals surface area contributed by atoms with Crippen molar-refractivity contribution < 1.29 is 9.59 Å². The fraction of sp³-hybridized carbons (Fsp3) is 0. The quantitative estimate of drug-likeness (QED) is 0.242. The molecule has 2 aromatic carbocycles. The molecule has 9 heteroatoms. The number of nitrogens with one attached hydrogen (secondary N) is 4. The van der Waals surface area contributed by atoms with E-state index in [2.05, 4.69) is 42.5 Å². The van der Waals surface area contributed by atoms with Crippen LogP contribution < -0.4 is 16.0 Å². The van der Waals surface area contributed by atoms with Crippen LogP contribution in [-0.4, -0.2) is 31.8 Å². The Balaban J connectivity index is 1.25. The number of aromatic amines is 1. The average Bonchev–Trinajstić information content (AvgIpc) is 3.38. The molecule has 0 spiro atoms. The molecule has 0 aliphatic heterocycles. The molecule has 0 fully saturated rings. The Morgan fingerprint density at radius 3 is 2.56 bits per heavy atom. The number of carbonyl (C=O) groups excluding carboxylic acids is 2. The second kappa shape index (κ2) is 9.90. The number of benzene rings is 2. The fourth-order valence-corrected chi connectivity index (χ4v) is 3.56. The number of rotatable bonds is 7. The second-order valence-corrected chi connectivity index (χ2v) is 7.84. The molecular weight excluding hydrogens is 454 g/mol. The third-order valence-electron chi connectivity index (χ3n) is 5.33. The summed E-state index contributed by atoms with van der Waals surface area (Å²) in [5.74, 6) is -0.199. The predicted octanol–water partition coefficient (Wildman–Crippen LogP) is 5.14. The lowest BCUT2D eigenvalue weighted by atomic mass is 10.1. The summed E-state index contributed by atoms with van der Waals surface area (Å²) < 4.78 is 0. The van der Waals surface area contributed by atoms with E-state index in [0.29, 0.717) is 22.9 Å². The van der Waals surface area contributed by atoms with Crippen LogP contribution in [0.15, 0.2) is 98.0 Å². The van der Waals surface area contributed by atoms with Gasteiger partial charge in [-0.15, -0.1) is 0 Å². The van der Waals surface area contributed by atoms with E-state index >= 15 is 0 Å². The highest BCUT2D eigenvalue weighted by atomic mass is 16.2. The molecule has 36 heavy (non-hydrogen) atoms. The lowest BCUT2D eigenvalue weighted by Crippen LogP contribution is -2.13. The molecule has 0 unspecified atom stereocenters. The largest absolute Gasteiger partial charge is 0.346 e. The number of amides is 2. The normalized spacial score (nSPS) is 10.6. The van der Waals surface area contributed by atoms with Gasteiger partial charge in [0, 0.05) is 52.2 Å². The van der Waals surface area contributed by atoms with Crippen molar-refractivity contribution in [2.75, 3.05) is 16.0 Å². The molecule has 4 N–H and O–H groups in total. The molecule has 0 bridgehead atoms. The van der Waals surface area contributed by atoms with Gasteiger partial charge in [-0.05, 0) is 66.7 Å². The number of pyridine rings is 1. The monoisotopic (exact) mass is 475 g/mol. The molecule has 0 saturated carbocycles. The number of fused-ring (bicyclic) bond motifs is 1. The summed E-state index contributed by atoms with van der Waals surface area (Å²) >= 11 is 0. The van der Waals surface area contributed by atoms with Gasteiger partial charge in [0.05, 0.1) is 5.69 Å². The van der Waals surface area contributed by atoms with Crippen molar-refractivity contribution in [3.63, 3.8) is 0 Å². The third-order valence-corrected chi connectivity index (χ3v) is 5.33. The van der Waals surface area contributed by atoms with Crippen LogP contribution in [0.5, 0.6) is 0 Å². The highest BCUT2D eigenvalue weighted by Crippen LogP contribution is 2.23. The van der Waals surface area contributed by atoms with Gasteiger partial charge in [0.15, 0.2) is 0 Å². The summed E-state index contributed by atoms with van der Waals surface area (Å²) in [6, 6.07) is 19.7. The number of nitrogens with zero attached hydrogens (tertiary/aromatic N) is 3. The second-order valence-electron chi connectivity index (χ2n) is 7.84. The van der Waals surface area contributed by atoms with E-state index in [-0.39, 0.29) is 11.8 Å². The highest BCUT2D eigenvalue weighted by molar-refractivity contribution is 6.06. The van der Waals surface area contributed by atoms with Gasteiger partial charge < -0.3 is 20.9 Å². The molecule has 3 aromatic heterocycles. The molecule has 176 valence electrons. The van der Waals surface area contributed by atoms with Crippen LogP contribution in [0.25, 0.3) is 22.3 Å². The van der Waals surface area contributed by atoms with Gasteiger partial charge in [0.25, 0.3) is 5.91 Å². The summed E-state index contributed by atoms with van der Waals surface area (Å²) in [6.07, 6.45) is 6.47. The summed E-state index contributed by atoms with van der Waals surface area (Å²) in [5.41, 5.74) is 4.77. The first-order valence-electron chi connectivity index (χ1n) is 11.1. The van der Waals surface area contributed by atoms with E-state index in [1.807, 2.05) is 36.5 Å². The van der Waals surface area contributed by atoms with Crippen LogP contribution in [0.2, 0.25) is 0 Å². The summed E-state index contributed by atoms with van der Waals surface area (Å²) in [4.78, 5) is 40.5. The Morgan fingerprint density at radius 2 is 1.72 bits per heavy atom.